The molecule has 0 atom stereocenters. The molecule has 4 nitrogen and oxygen atoms in total. The van der Waals surface area contributed by atoms with Gasteiger partial charge >= 0.3 is 0 Å². The number of aromatic nitrogens is 2. The molecule has 0 fully saturated rings. The van der Waals surface area contributed by atoms with Gasteiger partial charge in [0, 0.05) is 19.2 Å². The number of benzene rings is 1. The molecule has 1 aromatic carbocycles. The smallest absolute Gasteiger partial charge is 0.226 e. The molecule has 0 aliphatic carbocycles. The average Bonchev–Trinajstić information content (AvgIpc) is 2.82. The molecule has 5 heteroatoms. The fourth-order valence-electron chi connectivity index (χ4n) is 2.96. The Balaban J connectivity index is 1.92. The van der Waals surface area contributed by atoms with Crippen LogP contribution < -0.4 is 5.32 Å². The maximum atomic E-state index is 12.3. The van der Waals surface area contributed by atoms with E-state index in [-0.39, 0.29) is 11.3 Å². The quantitative estimate of drug-likeness (QED) is 0.667. The Morgan fingerprint density at radius 2 is 1.92 bits per heavy atom. The summed E-state index contributed by atoms with van der Waals surface area (Å²) in [5.74, 6) is 0.540. The number of halogens is 1. The van der Waals surface area contributed by atoms with Crippen molar-refractivity contribution in [2.75, 3.05) is 5.32 Å². The minimum atomic E-state index is -0.0707. The number of carbonyl (C=O) groups excluding carboxylic acids is 1. The number of nitrogens with one attached hydrogen (secondary N) is 1. The number of nitrogens with zero attached hydrogens (tertiary/aromatic N) is 2. The van der Waals surface area contributed by atoms with Crippen molar-refractivity contribution in [3.63, 3.8) is 0 Å². The number of rotatable bonds is 4. The molecule has 0 unspecified atom stereocenters. The standard InChI is InChI=1S/C21H24ClN3O/c1-14-10-17-19(24-20(14)23-18(26)11-21(2,3)4)16(22)13-25(17)12-15-8-6-5-7-9-15/h5-10,13H,11-12H2,1-4H3,(H,23,24,26). The number of aryl methyl sites for hydroxylation is 1. The summed E-state index contributed by atoms with van der Waals surface area (Å²) < 4.78 is 2.09. The molecule has 0 radical (unpaired) electrons. The van der Waals surface area contributed by atoms with E-state index in [1.165, 1.54) is 5.56 Å². The highest BCUT2D eigenvalue weighted by Gasteiger charge is 2.18. The molecule has 1 N–H and O–H groups in total. The largest absolute Gasteiger partial charge is 0.340 e. The Hall–Kier alpha value is -2.33. The number of anilines is 1. The van der Waals surface area contributed by atoms with Crippen molar-refractivity contribution < 1.29 is 4.79 Å². The second kappa shape index (κ2) is 7.12. The van der Waals surface area contributed by atoms with Crippen LogP contribution in [0.3, 0.4) is 0 Å². The first-order chi connectivity index (χ1) is 12.2. The molecule has 0 saturated carbocycles. The first-order valence-corrected chi connectivity index (χ1v) is 9.10. The maximum Gasteiger partial charge on any atom is 0.226 e. The van der Waals surface area contributed by atoms with Crippen LogP contribution in [0.25, 0.3) is 11.0 Å². The lowest BCUT2D eigenvalue weighted by molar-refractivity contribution is -0.117. The van der Waals surface area contributed by atoms with Gasteiger partial charge < -0.3 is 9.88 Å². The lowest BCUT2D eigenvalue weighted by Gasteiger charge is -2.17. The fourth-order valence-corrected chi connectivity index (χ4v) is 3.21. The number of amides is 1. The van der Waals surface area contributed by atoms with Gasteiger partial charge in [-0.3, -0.25) is 4.79 Å². The van der Waals surface area contributed by atoms with Crippen LogP contribution in [0, 0.1) is 12.3 Å². The molecule has 2 heterocycles. The van der Waals surface area contributed by atoms with E-state index in [9.17, 15) is 4.79 Å². The molecule has 0 aliphatic heterocycles. The number of hydrogen-bond acceptors (Lipinski definition) is 2. The summed E-state index contributed by atoms with van der Waals surface area (Å²) in [4.78, 5) is 16.9. The molecule has 136 valence electrons. The molecular formula is C21H24ClN3O. The summed E-state index contributed by atoms with van der Waals surface area (Å²) in [6, 6.07) is 12.2. The molecule has 0 spiro atoms. The molecule has 0 bridgehead atoms. The van der Waals surface area contributed by atoms with Crippen molar-refractivity contribution in [3.05, 3.63) is 58.7 Å². The summed E-state index contributed by atoms with van der Waals surface area (Å²) in [6.07, 6.45) is 2.33. The van der Waals surface area contributed by atoms with Crippen LogP contribution in [0.15, 0.2) is 42.6 Å². The molecule has 0 saturated heterocycles. The van der Waals surface area contributed by atoms with Gasteiger partial charge in [-0.05, 0) is 29.5 Å². The van der Waals surface area contributed by atoms with Gasteiger partial charge in [0.15, 0.2) is 0 Å². The Labute approximate surface area is 159 Å². The maximum absolute atomic E-state index is 12.3. The third-order valence-electron chi connectivity index (χ3n) is 4.14. The Bertz CT molecular complexity index is 939. The van der Waals surface area contributed by atoms with Crippen LogP contribution in [-0.4, -0.2) is 15.5 Å². The van der Waals surface area contributed by atoms with Crippen molar-refractivity contribution in [2.24, 2.45) is 5.41 Å². The van der Waals surface area contributed by atoms with Gasteiger partial charge in [0.25, 0.3) is 0 Å². The van der Waals surface area contributed by atoms with Gasteiger partial charge in [-0.1, -0.05) is 62.7 Å². The van der Waals surface area contributed by atoms with Crippen LogP contribution in [0.5, 0.6) is 0 Å². The van der Waals surface area contributed by atoms with Crippen molar-refractivity contribution in [3.8, 4) is 0 Å². The van der Waals surface area contributed by atoms with Crippen LogP contribution >= 0.6 is 11.6 Å². The topological polar surface area (TPSA) is 46.9 Å². The molecule has 3 rings (SSSR count). The number of fused-ring (bicyclic) bond motifs is 1. The van der Waals surface area contributed by atoms with Crippen LogP contribution in [0.2, 0.25) is 5.02 Å². The van der Waals surface area contributed by atoms with Crippen LogP contribution in [-0.2, 0) is 11.3 Å². The molecule has 1 amide bonds. The van der Waals surface area contributed by atoms with E-state index >= 15 is 0 Å². The third-order valence-corrected chi connectivity index (χ3v) is 4.42. The van der Waals surface area contributed by atoms with Gasteiger partial charge in [0.2, 0.25) is 5.91 Å². The summed E-state index contributed by atoms with van der Waals surface area (Å²) >= 11 is 6.42. The molecule has 2 aromatic heterocycles. The predicted molar refractivity (Wildman–Crippen MR) is 108 cm³/mol. The van der Waals surface area contributed by atoms with Gasteiger partial charge in [0.05, 0.1) is 10.5 Å². The minimum Gasteiger partial charge on any atom is -0.340 e. The van der Waals surface area contributed by atoms with Crippen molar-refractivity contribution in [2.45, 2.75) is 40.7 Å². The van der Waals surface area contributed by atoms with Gasteiger partial charge in [-0.15, -0.1) is 0 Å². The van der Waals surface area contributed by atoms with E-state index in [1.54, 1.807) is 0 Å². The highest BCUT2D eigenvalue weighted by molar-refractivity contribution is 6.35. The molecule has 26 heavy (non-hydrogen) atoms. The second-order valence-electron chi connectivity index (χ2n) is 7.90. The Kier molecular flexibility index (Phi) is 5.05. The second-order valence-corrected chi connectivity index (χ2v) is 8.30. The van der Waals surface area contributed by atoms with Crippen molar-refractivity contribution in [1.82, 2.24) is 9.55 Å². The molecule has 3 aromatic rings. The lowest BCUT2D eigenvalue weighted by Crippen LogP contribution is -2.20. The summed E-state index contributed by atoms with van der Waals surface area (Å²) in [5, 5.41) is 3.51. The van der Waals surface area contributed by atoms with Crippen molar-refractivity contribution in [1.29, 1.82) is 0 Å². The van der Waals surface area contributed by atoms with Gasteiger partial charge in [0.1, 0.15) is 11.3 Å². The number of pyridine rings is 1. The SMILES string of the molecule is Cc1cc2c(nc1NC(=O)CC(C)(C)C)c(Cl)cn2Cc1ccccc1. The van der Waals surface area contributed by atoms with E-state index in [0.29, 0.717) is 22.8 Å². The van der Waals surface area contributed by atoms with Gasteiger partial charge in [-0.2, -0.15) is 0 Å². The zero-order chi connectivity index (χ0) is 18.9. The highest BCUT2D eigenvalue weighted by Crippen LogP contribution is 2.29. The van der Waals surface area contributed by atoms with E-state index in [4.69, 9.17) is 11.6 Å². The lowest BCUT2D eigenvalue weighted by atomic mass is 9.92. The van der Waals surface area contributed by atoms with Gasteiger partial charge in [-0.25, -0.2) is 4.98 Å². The molecular weight excluding hydrogens is 346 g/mol. The van der Waals surface area contributed by atoms with Crippen LogP contribution in [0.4, 0.5) is 5.82 Å². The number of hydrogen-bond donors (Lipinski definition) is 1. The first kappa shape index (κ1) is 18.5. The van der Waals surface area contributed by atoms with E-state index < -0.39 is 0 Å². The van der Waals surface area contributed by atoms with E-state index in [1.807, 2.05) is 58.2 Å². The zero-order valence-corrected chi connectivity index (χ0v) is 16.4. The Morgan fingerprint density at radius 3 is 2.58 bits per heavy atom. The fraction of sp³-hybridized carbons (Fsp3) is 0.333. The monoisotopic (exact) mass is 369 g/mol. The number of carbonyl (C=O) groups is 1. The predicted octanol–water partition coefficient (Wildman–Crippen LogP) is 5.42. The summed E-state index contributed by atoms with van der Waals surface area (Å²) in [5.41, 5.74) is 3.72. The average molecular weight is 370 g/mol. The highest BCUT2D eigenvalue weighted by atomic mass is 35.5. The first-order valence-electron chi connectivity index (χ1n) is 8.73. The van der Waals surface area contributed by atoms with E-state index in [0.717, 1.165) is 17.6 Å². The molecule has 0 aliphatic rings. The third kappa shape index (κ3) is 4.25. The zero-order valence-electron chi connectivity index (χ0n) is 15.6. The van der Waals surface area contributed by atoms with Crippen LogP contribution in [0.1, 0.15) is 38.3 Å². The summed E-state index contributed by atoms with van der Waals surface area (Å²) in [6.45, 7) is 8.79. The summed E-state index contributed by atoms with van der Waals surface area (Å²) in [7, 11) is 0. The van der Waals surface area contributed by atoms with Crippen molar-refractivity contribution >= 4 is 34.4 Å². The van der Waals surface area contributed by atoms with E-state index in [2.05, 4.69) is 27.0 Å². The normalized spacial score (nSPS) is 11.7. The minimum absolute atomic E-state index is 0.0349. The Morgan fingerprint density at radius 1 is 1.23 bits per heavy atom.